The first-order valence-corrected chi connectivity index (χ1v) is 5.75. The van der Waals surface area contributed by atoms with Gasteiger partial charge >= 0.3 is 0 Å². The van der Waals surface area contributed by atoms with Crippen molar-refractivity contribution in [3.63, 3.8) is 0 Å². The first kappa shape index (κ1) is 10.6. The molecule has 0 saturated carbocycles. The van der Waals surface area contributed by atoms with Gasteiger partial charge in [-0.05, 0) is 39.0 Å². The first-order valence-electron chi connectivity index (χ1n) is 5.75. The van der Waals surface area contributed by atoms with Crippen LogP contribution in [0, 0.1) is 0 Å². The lowest BCUT2D eigenvalue weighted by Crippen LogP contribution is -2.34. The highest BCUT2D eigenvalue weighted by Gasteiger charge is 2.10. The van der Waals surface area contributed by atoms with Crippen LogP contribution in [0.3, 0.4) is 0 Å². The molecule has 4 nitrogen and oxygen atoms in total. The Morgan fingerprint density at radius 2 is 2.07 bits per heavy atom. The Labute approximate surface area is 91.3 Å². The molecule has 1 aromatic rings. The van der Waals surface area contributed by atoms with E-state index in [0.29, 0.717) is 0 Å². The highest BCUT2D eigenvalue weighted by Crippen LogP contribution is 2.04. The van der Waals surface area contributed by atoms with Crippen LogP contribution in [0.2, 0.25) is 0 Å². The summed E-state index contributed by atoms with van der Waals surface area (Å²) in [6.07, 6.45) is 6.37. The number of rotatable bonds is 2. The number of hydrogen-bond donors (Lipinski definition) is 1. The molecule has 1 fully saturated rings. The second kappa shape index (κ2) is 5.28. The normalized spacial score (nSPS) is 19.8. The van der Waals surface area contributed by atoms with E-state index in [1.807, 2.05) is 12.4 Å². The summed E-state index contributed by atoms with van der Waals surface area (Å²) in [4.78, 5) is 6.87. The van der Waals surface area contributed by atoms with E-state index in [1.54, 1.807) is 0 Å². The van der Waals surface area contributed by atoms with Crippen molar-refractivity contribution in [2.24, 2.45) is 7.05 Å². The molecule has 2 heterocycles. The monoisotopic (exact) mass is 208 g/mol. The van der Waals surface area contributed by atoms with Crippen LogP contribution in [-0.2, 0) is 13.6 Å². The Morgan fingerprint density at radius 1 is 1.33 bits per heavy atom. The number of nitrogens with zero attached hydrogens (tertiary/aromatic N) is 3. The summed E-state index contributed by atoms with van der Waals surface area (Å²) in [5.41, 5.74) is 0. The maximum absolute atomic E-state index is 4.37. The summed E-state index contributed by atoms with van der Waals surface area (Å²) in [6, 6.07) is 0. The van der Waals surface area contributed by atoms with Crippen molar-refractivity contribution >= 4 is 0 Å². The predicted octanol–water partition coefficient (Wildman–Crippen LogP) is 0.605. The van der Waals surface area contributed by atoms with Crippen molar-refractivity contribution in [3.05, 3.63) is 18.2 Å². The number of nitrogens with one attached hydrogen (secondary N) is 1. The van der Waals surface area contributed by atoms with Gasteiger partial charge in [-0.3, -0.25) is 4.90 Å². The Kier molecular flexibility index (Phi) is 3.75. The quantitative estimate of drug-likeness (QED) is 0.773. The Morgan fingerprint density at radius 3 is 2.67 bits per heavy atom. The van der Waals surface area contributed by atoms with Crippen LogP contribution < -0.4 is 5.32 Å². The zero-order valence-electron chi connectivity index (χ0n) is 9.45. The van der Waals surface area contributed by atoms with E-state index in [2.05, 4.69) is 26.8 Å². The van der Waals surface area contributed by atoms with E-state index in [9.17, 15) is 0 Å². The standard InChI is InChI=1S/C11H20N4/c1-14-9-6-13-11(14)10-15-7-2-4-12-5-3-8-15/h6,9,12H,2-5,7-8,10H2,1H3. The van der Waals surface area contributed by atoms with Crippen molar-refractivity contribution < 1.29 is 0 Å². The predicted molar refractivity (Wildman–Crippen MR) is 60.6 cm³/mol. The van der Waals surface area contributed by atoms with Crippen molar-refractivity contribution in [1.82, 2.24) is 19.8 Å². The molecular formula is C11H20N4. The SMILES string of the molecule is Cn1ccnc1CN1CCCNCCC1. The lowest BCUT2D eigenvalue weighted by Gasteiger charge is -2.24. The van der Waals surface area contributed by atoms with Crippen molar-refractivity contribution in [2.45, 2.75) is 19.4 Å². The molecule has 0 aliphatic carbocycles. The van der Waals surface area contributed by atoms with Crippen molar-refractivity contribution in [2.75, 3.05) is 26.2 Å². The van der Waals surface area contributed by atoms with Gasteiger partial charge in [-0.15, -0.1) is 0 Å². The molecule has 1 N–H and O–H groups in total. The molecule has 0 unspecified atom stereocenters. The minimum atomic E-state index is 0.990. The molecule has 0 amide bonds. The average molecular weight is 208 g/mol. The minimum absolute atomic E-state index is 0.990. The zero-order chi connectivity index (χ0) is 10.5. The fraction of sp³-hybridized carbons (Fsp3) is 0.727. The average Bonchev–Trinajstić information content (AvgIpc) is 2.56. The van der Waals surface area contributed by atoms with E-state index >= 15 is 0 Å². The molecule has 0 radical (unpaired) electrons. The van der Waals surface area contributed by atoms with Crippen LogP contribution in [0.5, 0.6) is 0 Å². The smallest absolute Gasteiger partial charge is 0.122 e. The van der Waals surface area contributed by atoms with Crippen molar-refractivity contribution in [1.29, 1.82) is 0 Å². The van der Waals surface area contributed by atoms with Gasteiger partial charge in [0, 0.05) is 19.4 Å². The lowest BCUT2D eigenvalue weighted by atomic mass is 10.2. The molecule has 15 heavy (non-hydrogen) atoms. The molecule has 0 aromatic carbocycles. The summed E-state index contributed by atoms with van der Waals surface area (Å²) in [5, 5.41) is 3.43. The van der Waals surface area contributed by atoms with Crippen molar-refractivity contribution in [3.8, 4) is 0 Å². The summed E-state index contributed by atoms with van der Waals surface area (Å²) in [6.45, 7) is 5.65. The molecule has 2 rings (SSSR count). The lowest BCUT2D eigenvalue weighted by molar-refractivity contribution is 0.237. The van der Waals surface area contributed by atoms with Gasteiger partial charge in [-0.2, -0.15) is 0 Å². The number of imidazole rings is 1. The van der Waals surface area contributed by atoms with Crippen LogP contribution in [0.15, 0.2) is 12.4 Å². The maximum Gasteiger partial charge on any atom is 0.122 e. The molecule has 0 spiro atoms. The van der Waals surface area contributed by atoms with Gasteiger partial charge in [0.1, 0.15) is 5.82 Å². The molecule has 0 atom stereocenters. The van der Waals surface area contributed by atoms with Gasteiger partial charge in [0.15, 0.2) is 0 Å². The summed E-state index contributed by atoms with van der Waals surface area (Å²) < 4.78 is 2.11. The van der Waals surface area contributed by atoms with Gasteiger partial charge in [0.25, 0.3) is 0 Å². The Bertz CT molecular complexity index is 287. The highest BCUT2D eigenvalue weighted by molar-refractivity contribution is 4.91. The van der Waals surface area contributed by atoms with E-state index in [1.165, 1.54) is 31.8 Å². The fourth-order valence-electron chi connectivity index (χ4n) is 2.00. The van der Waals surface area contributed by atoms with E-state index in [4.69, 9.17) is 0 Å². The van der Waals surface area contributed by atoms with Gasteiger partial charge in [-0.25, -0.2) is 4.98 Å². The number of aryl methyl sites for hydroxylation is 1. The fourth-order valence-corrected chi connectivity index (χ4v) is 2.00. The summed E-state index contributed by atoms with van der Waals surface area (Å²) in [7, 11) is 2.06. The minimum Gasteiger partial charge on any atom is -0.337 e. The Hall–Kier alpha value is -0.870. The summed E-state index contributed by atoms with van der Waals surface area (Å²) in [5.74, 6) is 1.17. The molecule has 1 aliphatic heterocycles. The van der Waals surface area contributed by atoms with E-state index in [-0.39, 0.29) is 0 Å². The van der Waals surface area contributed by atoms with E-state index in [0.717, 1.165) is 19.6 Å². The third kappa shape index (κ3) is 3.04. The molecule has 1 saturated heterocycles. The van der Waals surface area contributed by atoms with Gasteiger partial charge < -0.3 is 9.88 Å². The highest BCUT2D eigenvalue weighted by atomic mass is 15.2. The topological polar surface area (TPSA) is 33.1 Å². The van der Waals surface area contributed by atoms with Gasteiger partial charge in [-0.1, -0.05) is 0 Å². The third-order valence-electron chi connectivity index (χ3n) is 2.94. The second-order valence-electron chi connectivity index (χ2n) is 4.19. The first-order chi connectivity index (χ1) is 7.36. The maximum atomic E-state index is 4.37. The van der Waals surface area contributed by atoms with Crippen LogP contribution in [0.1, 0.15) is 18.7 Å². The van der Waals surface area contributed by atoms with Gasteiger partial charge in [0.2, 0.25) is 0 Å². The van der Waals surface area contributed by atoms with Crippen LogP contribution in [0.25, 0.3) is 0 Å². The Balaban J connectivity index is 1.89. The largest absolute Gasteiger partial charge is 0.337 e. The van der Waals surface area contributed by atoms with Gasteiger partial charge in [0.05, 0.1) is 6.54 Å². The van der Waals surface area contributed by atoms with Crippen LogP contribution in [0.4, 0.5) is 0 Å². The molecule has 84 valence electrons. The number of hydrogen-bond acceptors (Lipinski definition) is 3. The van der Waals surface area contributed by atoms with Crippen LogP contribution in [-0.4, -0.2) is 40.6 Å². The molecule has 1 aromatic heterocycles. The summed E-state index contributed by atoms with van der Waals surface area (Å²) >= 11 is 0. The zero-order valence-corrected chi connectivity index (χ0v) is 9.45. The molecule has 1 aliphatic rings. The second-order valence-corrected chi connectivity index (χ2v) is 4.19. The molecule has 4 heteroatoms. The molecular weight excluding hydrogens is 188 g/mol. The molecule has 0 bridgehead atoms. The third-order valence-corrected chi connectivity index (χ3v) is 2.94. The van der Waals surface area contributed by atoms with Crippen LogP contribution >= 0.6 is 0 Å². The van der Waals surface area contributed by atoms with E-state index < -0.39 is 0 Å². The number of aromatic nitrogens is 2.